The van der Waals surface area contributed by atoms with E-state index in [-0.39, 0.29) is 11.7 Å². The highest BCUT2D eigenvalue weighted by Gasteiger charge is 2.23. The van der Waals surface area contributed by atoms with E-state index in [1.165, 1.54) is 6.07 Å². The van der Waals surface area contributed by atoms with Gasteiger partial charge in [-0.2, -0.15) is 0 Å². The Hall–Kier alpha value is -3.98. The van der Waals surface area contributed by atoms with Gasteiger partial charge in [-0.15, -0.1) is 0 Å². The quantitative estimate of drug-likeness (QED) is 0.243. The van der Waals surface area contributed by atoms with Crippen molar-refractivity contribution in [1.82, 2.24) is 20.3 Å². The van der Waals surface area contributed by atoms with Crippen LogP contribution in [0.15, 0.2) is 78.2 Å². The van der Waals surface area contributed by atoms with Crippen molar-refractivity contribution >= 4 is 29.2 Å². The maximum atomic E-state index is 14.3. The number of piperazine rings is 1. The third-order valence-corrected chi connectivity index (χ3v) is 7.77. The standard InChI is InChI=1S/C30H31FN6OS/c1-21-22(2)34-30(35-28(21)37-15-13-36(14-16-37)27-11-4-3-10-26(27)31)39-20-23-7-5-9-25(17-23)29(38)33-19-24-8-6-12-32-18-24/h3-12,17-18H,13-16,19-20H2,1-2H3,(H,33,38). The van der Waals surface area contributed by atoms with Crippen molar-refractivity contribution < 1.29 is 9.18 Å². The number of halogens is 1. The molecule has 0 radical (unpaired) electrons. The van der Waals surface area contributed by atoms with Crippen LogP contribution in [-0.2, 0) is 12.3 Å². The van der Waals surface area contributed by atoms with Crippen LogP contribution >= 0.6 is 11.8 Å². The average Bonchev–Trinajstić information content (AvgIpc) is 2.97. The summed E-state index contributed by atoms with van der Waals surface area (Å²) in [7, 11) is 0. The SMILES string of the molecule is Cc1nc(SCc2cccc(C(=O)NCc3cccnc3)c2)nc(N2CCN(c3ccccc3F)CC2)c1C. The highest BCUT2D eigenvalue weighted by molar-refractivity contribution is 7.98. The Bertz CT molecular complexity index is 1440. The number of aryl methyl sites for hydroxylation is 1. The molecule has 0 spiro atoms. The van der Waals surface area contributed by atoms with Crippen LogP contribution in [0.5, 0.6) is 0 Å². The van der Waals surface area contributed by atoms with Crippen molar-refractivity contribution in [3.63, 3.8) is 0 Å². The number of nitrogens with zero attached hydrogens (tertiary/aromatic N) is 5. The normalized spacial score (nSPS) is 13.4. The Morgan fingerprint density at radius 2 is 1.72 bits per heavy atom. The van der Waals surface area contributed by atoms with E-state index in [0.717, 1.165) is 54.4 Å². The number of benzene rings is 2. The first kappa shape index (κ1) is 26.6. The predicted octanol–water partition coefficient (Wildman–Crippen LogP) is 5.18. The number of para-hydroxylation sites is 1. The first-order valence-corrected chi connectivity index (χ1v) is 13.9. The molecule has 0 aliphatic carbocycles. The molecule has 1 amide bonds. The van der Waals surface area contributed by atoms with Gasteiger partial charge in [-0.3, -0.25) is 9.78 Å². The smallest absolute Gasteiger partial charge is 0.251 e. The molecule has 200 valence electrons. The van der Waals surface area contributed by atoms with Crippen LogP contribution in [0.1, 0.15) is 32.7 Å². The summed E-state index contributed by atoms with van der Waals surface area (Å²) in [6.07, 6.45) is 3.46. The lowest BCUT2D eigenvalue weighted by atomic mass is 10.1. The zero-order chi connectivity index (χ0) is 27.2. The fourth-order valence-electron chi connectivity index (χ4n) is 4.57. The molecule has 2 aromatic heterocycles. The summed E-state index contributed by atoms with van der Waals surface area (Å²) in [4.78, 5) is 30.7. The molecule has 1 fully saturated rings. The molecule has 4 aromatic rings. The van der Waals surface area contributed by atoms with Crippen LogP contribution in [0.25, 0.3) is 0 Å². The van der Waals surface area contributed by atoms with E-state index < -0.39 is 0 Å². The lowest BCUT2D eigenvalue weighted by Gasteiger charge is -2.37. The van der Waals surface area contributed by atoms with Gasteiger partial charge in [0.2, 0.25) is 0 Å². The second-order valence-corrected chi connectivity index (χ2v) is 10.4. The molecular weight excluding hydrogens is 511 g/mol. The molecule has 0 unspecified atom stereocenters. The molecule has 7 nitrogen and oxygen atoms in total. The van der Waals surface area contributed by atoms with Gasteiger partial charge in [0.15, 0.2) is 5.16 Å². The van der Waals surface area contributed by atoms with Gasteiger partial charge in [-0.25, -0.2) is 14.4 Å². The van der Waals surface area contributed by atoms with Crippen LogP contribution in [0, 0.1) is 19.7 Å². The monoisotopic (exact) mass is 542 g/mol. The maximum Gasteiger partial charge on any atom is 0.251 e. The minimum absolute atomic E-state index is 0.120. The number of hydrogen-bond donors (Lipinski definition) is 1. The highest BCUT2D eigenvalue weighted by atomic mass is 32.2. The van der Waals surface area contributed by atoms with Crippen molar-refractivity contribution in [2.24, 2.45) is 0 Å². The Labute approximate surface area is 232 Å². The van der Waals surface area contributed by atoms with Crippen LogP contribution in [0.4, 0.5) is 15.9 Å². The van der Waals surface area contributed by atoms with E-state index in [2.05, 4.69) is 27.0 Å². The fourth-order valence-corrected chi connectivity index (χ4v) is 5.39. The molecule has 1 aliphatic rings. The van der Waals surface area contributed by atoms with Gasteiger partial charge in [0.1, 0.15) is 11.6 Å². The van der Waals surface area contributed by atoms with E-state index in [1.807, 2.05) is 55.5 Å². The molecule has 5 rings (SSSR count). The molecule has 9 heteroatoms. The first-order chi connectivity index (χ1) is 19.0. The third kappa shape index (κ3) is 6.54. The van der Waals surface area contributed by atoms with Crippen molar-refractivity contribution in [1.29, 1.82) is 0 Å². The van der Waals surface area contributed by atoms with Crippen LogP contribution < -0.4 is 15.1 Å². The topological polar surface area (TPSA) is 74.2 Å². The summed E-state index contributed by atoms with van der Waals surface area (Å²) in [5, 5.41) is 3.65. The zero-order valence-electron chi connectivity index (χ0n) is 22.1. The van der Waals surface area contributed by atoms with E-state index in [0.29, 0.717) is 28.7 Å². The van der Waals surface area contributed by atoms with Gasteiger partial charge in [-0.05, 0) is 55.3 Å². The summed E-state index contributed by atoms with van der Waals surface area (Å²) in [5.74, 6) is 1.27. The molecule has 0 bridgehead atoms. The van der Waals surface area contributed by atoms with Gasteiger partial charge in [0.25, 0.3) is 5.91 Å². The molecule has 1 N–H and O–H groups in total. The van der Waals surface area contributed by atoms with Crippen molar-refractivity contribution in [2.75, 3.05) is 36.0 Å². The van der Waals surface area contributed by atoms with Gasteiger partial charge < -0.3 is 15.1 Å². The summed E-state index contributed by atoms with van der Waals surface area (Å²) >= 11 is 1.56. The highest BCUT2D eigenvalue weighted by Crippen LogP contribution is 2.28. The summed E-state index contributed by atoms with van der Waals surface area (Å²) in [6.45, 7) is 7.45. The number of anilines is 2. The Balaban J connectivity index is 1.22. The van der Waals surface area contributed by atoms with Gasteiger partial charge in [-0.1, -0.05) is 42.1 Å². The number of aromatic nitrogens is 3. The number of thioether (sulfide) groups is 1. The van der Waals surface area contributed by atoms with Crippen LogP contribution in [-0.4, -0.2) is 47.0 Å². The molecule has 0 atom stereocenters. The summed E-state index contributed by atoms with van der Waals surface area (Å²) in [5.41, 5.74) is 5.25. The Morgan fingerprint density at radius 1 is 0.949 bits per heavy atom. The molecule has 39 heavy (non-hydrogen) atoms. The molecule has 0 saturated carbocycles. The zero-order valence-corrected chi connectivity index (χ0v) is 22.9. The number of carbonyl (C=O) groups is 1. The Morgan fingerprint density at radius 3 is 2.49 bits per heavy atom. The van der Waals surface area contributed by atoms with Crippen molar-refractivity contribution in [3.8, 4) is 0 Å². The minimum atomic E-state index is -0.186. The second-order valence-electron chi connectivity index (χ2n) is 9.50. The second kappa shape index (κ2) is 12.3. The molecular formula is C30H31FN6OS. The average molecular weight is 543 g/mol. The van der Waals surface area contributed by atoms with Gasteiger partial charge >= 0.3 is 0 Å². The number of rotatable bonds is 8. The van der Waals surface area contributed by atoms with Crippen molar-refractivity contribution in [3.05, 3.63) is 107 Å². The predicted molar refractivity (Wildman–Crippen MR) is 154 cm³/mol. The number of carbonyl (C=O) groups excluding carboxylic acids is 1. The van der Waals surface area contributed by atoms with Gasteiger partial charge in [0, 0.05) is 67.7 Å². The largest absolute Gasteiger partial charge is 0.366 e. The summed E-state index contributed by atoms with van der Waals surface area (Å²) in [6, 6.07) is 18.4. The fraction of sp³-hybridized carbons (Fsp3) is 0.267. The number of amides is 1. The van der Waals surface area contributed by atoms with Crippen LogP contribution in [0.3, 0.4) is 0 Å². The minimum Gasteiger partial charge on any atom is -0.366 e. The van der Waals surface area contributed by atoms with E-state index >= 15 is 0 Å². The lowest BCUT2D eigenvalue weighted by molar-refractivity contribution is 0.0951. The molecule has 3 heterocycles. The maximum absolute atomic E-state index is 14.3. The molecule has 1 aliphatic heterocycles. The number of nitrogens with one attached hydrogen (secondary N) is 1. The number of hydrogen-bond acceptors (Lipinski definition) is 7. The summed E-state index contributed by atoms with van der Waals surface area (Å²) < 4.78 is 14.3. The van der Waals surface area contributed by atoms with E-state index in [1.54, 1.807) is 30.2 Å². The Kier molecular flexibility index (Phi) is 8.36. The number of pyridine rings is 1. The van der Waals surface area contributed by atoms with E-state index in [9.17, 15) is 9.18 Å². The molecule has 1 saturated heterocycles. The molecule has 2 aromatic carbocycles. The van der Waals surface area contributed by atoms with Crippen molar-refractivity contribution in [2.45, 2.75) is 31.3 Å². The van der Waals surface area contributed by atoms with Crippen LogP contribution in [0.2, 0.25) is 0 Å². The third-order valence-electron chi connectivity index (χ3n) is 6.85. The van der Waals surface area contributed by atoms with Gasteiger partial charge in [0.05, 0.1) is 5.69 Å². The first-order valence-electron chi connectivity index (χ1n) is 13.0. The lowest BCUT2D eigenvalue weighted by Crippen LogP contribution is -2.47. The van der Waals surface area contributed by atoms with E-state index in [4.69, 9.17) is 9.97 Å².